The maximum Gasteiger partial charge on any atom is 0.243 e. The van der Waals surface area contributed by atoms with E-state index in [-0.39, 0.29) is 23.3 Å². The second-order valence-electron chi connectivity index (χ2n) is 6.73. The van der Waals surface area contributed by atoms with Crippen molar-refractivity contribution < 1.29 is 9.59 Å². The number of anilines is 1. The topological polar surface area (TPSA) is 49.4 Å². The van der Waals surface area contributed by atoms with Crippen molar-refractivity contribution in [2.45, 2.75) is 53.1 Å². The van der Waals surface area contributed by atoms with E-state index >= 15 is 0 Å². The molecule has 0 saturated heterocycles. The van der Waals surface area contributed by atoms with Gasteiger partial charge in [-0.25, -0.2) is 0 Å². The van der Waals surface area contributed by atoms with Crippen molar-refractivity contribution in [3.05, 3.63) is 27.8 Å². The Bertz CT molecular complexity index is 550. The Balaban J connectivity index is 3.19. The highest BCUT2D eigenvalue weighted by Gasteiger charge is 2.31. The average molecular weight is 416 g/mol. The van der Waals surface area contributed by atoms with Crippen LogP contribution in [0.5, 0.6) is 0 Å². The molecule has 0 spiro atoms. The number of hydrogen-bond acceptors (Lipinski definition) is 2. The Morgan fingerprint density at radius 3 is 2.14 bits per heavy atom. The van der Waals surface area contributed by atoms with Gasteiger partial charge in [0, 0.05) is 15.0 Å². The lowest BCUT2D eigenvalue weighted by atomic mass is 10.1. The molecule has 0 fully saturated rings. The van der Waals surface area contributed by atoms with Gasteiger partial charge in [-0.2, -0.15) is 0 Å². The van der Waals surface area contributed by atoms with Gasteiger partial charge >= 0.3 is 0 Å². The summed E-state index contributed by atoms with van der Waals surface area (Å²) in [4.78, 5) is 26.8. The van der Waals surface area contributed by atoms with Crippen molar-refractivity contribution in [3.8, 4) is 0 Å². The second kappa shape index (κ2) is 7.44. The minimum Gasteiger partial charge on any atom is -0.350 e. The fourth-order valence-corrected chi connectivity index (χ4v) is 2.68. The lowest BCUT2D eigenvalue weighted by Gasteiger charge is -2.33. The molecule has 2 amide bonds. The number of rotatable bonds is 4. The summed E-state index contributed by atoms with van der Waals surface area (Å²) in [6.45, 7) is 11.2. The van der Waals surface area contributed by atoms with Crippen LogP contribution in [0.2, 0.25) is 0 Å². The number of hydrogen-bond donors (Lipinski definition) is 1. The van der Waals surface area contributed by atoms with Crippen molar-refractivity contribution in [1.29, 1.82) is 0 Å². The number of nitrogens with zero attached hydrogens (tertiary/aromatic N) is 1. The molecule has 1 aromatic carbocycles. The minimum atomic E-state index is -0.565. The van der Waals surface area contributed by atoms with Crippen LogP contribution in [0.1, 0.15) is 41.5 Å². The molecule has 0 aromatic heterocycles. The van der Waals surface area contributed by atoms with Gasteiger partial charge in [-0.15, -0.1) is 0 Å². The van der Waals surface area contributed by atoms with E-state index in [0.29, 0.717) is 0 Å². The maximum atomic E-state index is 12.6. The Kier molecular flexibility index (Phi) is 6.40. The number of carbonyl (C=O) groups excluding carboxylic acids is 2. The van der Waals surface area contributed by atoms with Crippen LogP contribution in [0, 0.1) is 9.49 Å². The molecule has 1 unspecified atom stereocenters. The van der Waals surface area contributed by atoms with Crippen LogP contribution >= 0.6 is 22.6 Å². The molecule has 0 heterocycles. The highest BCUT2D eigenvalue weighted by molar-refractivity contribution is 14.1. The van der Waals surface area contributed by atoms with Gasteiger partial charge in [0.25, 0.3) is 0 Å². The van der Waals surface area contributed by atoms with E-state index in [4.69, 9.17) is 0 Å². The highest BCUT2D eigenvalue weighted by atomic mass is 127. The molecule has 0 saturated carbocycles. The van der Waals surface area contributed by atoms with E-state index in [1.54, 1.807) is 11.8 Å². The van der Waals surface area contributed by atoms with E-state index < -0.39 is 6.04 Å². The number of nitrogens with one attached hydrogen (secondary N) is 1. The van der Waals surface area contributed by atoms with E-state index in [9.17, 15) is 9.59 Å². The Morgan fingerprint density at radius 2 is 1.68 bits per heavy atom. The molecule has 0 aliphatic rings. The fourth-order valence-electron chi connectivity index (χ4n) is 2.03. The first-order valence-corrected chi connectivity index (χ1v) is 8.52. The molecule has 0 aliphatic heterocycles. The standard InChI is InChI=1S/C17H25IN2O2/c1-11(2)16(22)20(14-10-8-7-9-13(14)18)12(3)15(21)19-17(4,5)6/h7-12H,1-6H3,(H,19,21). The Labute approximate surface area is 146 Å². The number of para-hydroxylation sites is 1. The molecule has 1 rings (SSSR count). The van der Waals surface area contributed by atoms with Crippen LogP contribution in [0.4, 0.5) is 5.69 Å². The third-order valence-electron chi connectivity index (χ3n) is 3.11. The molecular formula is C17H25IN2O2. The Morgan fingerprint density at radius 1 is 1.14 bits per heavy atom. The summed E-state index contributed by atoms with van der Waals surface area (Å²) in [6, 6.07) is 7.05. The molecule has 0 bridgehead atoms. The zero-order chi connectivity index (χ0) is 17.1. The van der Waals surface area contributed by atoms with Crippen LogP contribution in [0.3, 0.4) is 0 Å². The first-order valence-electron chi connectivity index (χ1n) is 7.44. The first-order chi connectivity index (χ1) is 10.0. The molecule has 5 heteroatoms. The zero-order valence-corrected chi connectivity index (χ0v) is 16.3. The number of carbonyl (C=O) groups is 2. The molecule has 0 radical (unpaired) electrons. The molecular weight excluding hydrogens is 391 g/mol. The van der Waals surface area contributed by atoms with Gasteiger partial charge in [-0.05, 0) is 62.4 Å². The quantitative estimate of drug-likeness (QED) is 0.763. The lowest BCUT2D eigenvalue weighted by molar-refractivity contribution is -0.128. The zero-order valence-electron chi connectivity index (χ0n) is 14.1. The molecule has 1 aromatic rings. The van der Waals surface area contributed by atoms with E-state index in [1.165, 1.54) is 0 Å². The maximum absolute atomic E-state index is 12.6. The smallest absolute Gasteiger partial charge is 0.243 e. The summed E-state index contributed by atoms with van der Waals surface area (Å²) in [5.41, 5.74) is 0.445. The third kappa shape index (κ3) is 4.97. The van der Waals surface area contributed by atoms with Gasteiger partial charge in [0.05, 0.1) is 5.69 Å². The van der Waals surface area contributed by atoms with E-state index in [1.807, 2.05) is 58.9 Å². The summed E-state index contributed by atoms with van der Waals surface area (Å²) in [5.74, 6) is -0.386. The largest absolute Gasteiger partial charge is 0.350 e. The SMILES string of the molecule is CC(C)C(=O)N(c1ccccc1I)C(C)C(=O)NC(C)(C)C. The first kappa shape index (κ1) is 18.9. The van der Waals surface area contributed by atoms with Crippen molar-refractivity contribution in [2.75, 3.05) is 4.90 Å². The van der Waals surface area contributed by atoms with Crippen LogP contribution in [-0.2, 0) is 9.59 Å². The predicted molar refractivity (Wildman–Crippen MR) is 98.8 cm³/mol. The van der Waals surface area contributed by atoms with Gasteiger partial charge < -0.3 is 5.32 Å². The summed E-state index contributed by atoms with van der Waals surface area (Å²) in [6.07, 6.45) is 0. The fraction of sp³-hybridized carbons (Fsp3) is 0.529. The average Bonchev–Trinajstić information content (AvgIpc) is 2.38. The van der Waals surface area contributed by atoms with Crippen molar-refractivity contribution in [3.63, 3.8) is 0 Å². The molecule has 1 N–H and O–H groups in total. The predicted octanol–water partition coefficient (Wildman–Crippen LogP) is 3.58. The van der Waals surface area contributed by atoms with Crippen molar-refractivity contribution in [1.82, 2.24) is 5.32 Å². The van der Waals surface area contributed by atoms with Gasteiger partial charge in [0.15, 0.2) is 0 Å². The number of amides is 2. The van der Waals surface area contributed by atoms with Crippen molar-refractivity contribution in [2.24, 2.45) is 5.92 Å². The highest BCUT2D eigenvalue weighted by Crippen LogP contribution is 2.26. The molecule has 22 heavy (non-hydrogen) atoms. The Hall–Kier alpha value is -1.11. The van der Waals surface area contributed by atoms with Crippen LogP contribution in [0.15, 0.2) is 24.3 Å². The molecule has 4 nitrogen and oxygen atoms in total. The molecule has 122 valence electrons. The molecule has 1 atom stereocenters. The van der Waals surface area contributed by atoms with Crippen molar-refractivity contribution >= 4 is 40.1 Å². The third-order valence-corrected chi connectivity index (χ3v) is 4.02. The summed E-state index contributed by atoms with van der Waals surface area (Å²) >= 11 is 2.19. The monoisotopic (exact) mass is 416 g/mol. The lowest BCUT2D eigenvalue weighted by Crippen LogP contribution is -2.53. The number of benzene rings is 1. The number of halogens is 1. The van der Waals surface area contributed by atoms with Gasteiger partial charge in [0.1, 0.15) is 6.04 Å². The van der Waals surface area contributed by atoms with Gasteiger partial charge in [-0.3, -0.25) is 14.5 Å². The van der Waals surface area contributed by atoms with Crippen LogP contribution in [0.25, 0.3) is 0 Å². The van der Waals surface area contributed by atoms with E-state index in [0.717, 1.165) is 9.26 Å². The van der Waals surface area contributed by atoms with Gasteiger partial charge in [0.2, 0.25) is 11.8 Å². The summed E-state index contributed by atoms with van der Waals surface area (Å²) in [5, 5.41) is 2.95. The van der Waals surface area contributed by atoms with Crippen LogP contribution in [-0.4, -0.2) is 23.4 Å². The second-order valence-corrected chi connectivity index (χ2v) is 7.89. The summed E-state index contributed by atoms with van der Waals surface area (Å²) < 4.78 is 0.949. The van der Waals surface area contributed by atoms with E-state index in [2.05, 4.69) is 27.9 Å². The summed E-state index contributed by atoms with van der Waals surface area (Å²) in [7, 11) is 0. The van der Waals surface area contributed by atoms with Gasteiger partial charge in [-0.1, -0.05) is 26.0 Å². The normalized spacial score (nSPS) is 12.9. The minimum absolute atomic E-state index is 0.0549. The van der Waals surface area contributed by atoms with Crippen LogP contribution < -0.4 is 10.2 Å². The molecule has 0 aliphatic carbocycles.